The van der Waals surface area contributed by atoms with Gasteiger partial charge in [-0.25, -0.2) is 4.79 Å². The van der Waals surface area contributed by atoms with Crippen LogP contribution in [0.25, 0.3) is 0 Å². The predicted molar refractivity (Wildman–Crippen MR) is 63.7 cm³/mol. The third-order valence-electron chi connectivity index (χ3n) is 2.00. The maximum Gasteiger partial charge on any atom is 0.321 e. The summed E-state index contributed by atoms with van der Waals surface area (Å²) >= 11 is 3.31. The Labute approximate surface area is 102 Å². The highest BCUT2D eigenvalue weighted by molar-refractivity contribution is 9.10. The fourth-order valence-electron chi connectivity index (χ4n) is 1.23. The molecule has 0 aliphatic carbocycles. The lowest BCUT2D eigenvalue weighted by molar-refractivity contribution is -0.108. The van der Waals surface area contributed by atoms with E-state index in [-0.39, 0.29) is 12.6 Å². The van der Waals surface area contributed by atoms with Crippen molar-refractivity contribution in [2.45, 2.75) is 6.04 Å². The van der Waals surface area contributed by atoms with Crippen LogP contribution in [-0.2, 0) is 4.79 Å². The molecule has 1 rings (SSSR count). The Hall–Kier alpha value is -1.40. The summed E-state index contributed by atoms with van der Waals surface area (Å²) in [4.78, 5) is 21.2. The van der Waals surface area contributed by atoms with Crippen LogP contribution in [0.3, 0.4) is 0 Å². The molecule has 86 valence electrons. The van der Waals surface area contributed by atoms with Crippen LogP contribution in [-0.4, -0.2) is 19.0 Å². The number of hydrogen-bond acceptors (Lipinski definition) is 3. The largest absolute Gasteiger partial charge is 0.330 e. The summed E-state index contributed by atoms with van der Waals surface area (Å²) < 4.78 is 0.948. The van der Waals surface area contributed by atoms with E-state index < -0.39 is 6.03 Å². The SMILES string of the molecule is NCC(NC(=O)NC=O)c1ccc(Br)cc1. The first-order chi connectivity index (χ1) is 7.67. The smallest absolute Gasteiger partial charge is 0.321 e. The summed E-state index contributed by atoms with van der Waals surface area (Å²) in [5.74, 6) is 0. The van der Waals surface area contributed by atoms with E-state index in [9.17, 15) is 9.59 Å². The highest BCUT2D eigenvalue weighted by atomic mass is 79.9. The molecule has 0 saturated carbocycles. The van der Waals surface area contributed by atoms with Gasteiger partial charge in [0.25, 0.3) is 0 Å². The minimum absolute atomic E-state index is 0.258. The van der Waals surface area contributed by atoms with Crippen molar-refractivity contribution in [2.24, 2.45) is 5.73 Å². The summed E-state index contributed by atoms with van der Waals surface area (Å²) in [7, 11) is 0. The molecular weight excluding hydrogens is 274 g/mol. The highest BCUT2D eigenvalue weighted by Crippen LogP contribution is 2.15. The first-order valence-corrected chi connectivity index (χ1v) is 5.43. The molecule has 0 aromatic heterocycles. The van der Waals surface area contributed by atoms with Gasteiger partial charge >= 0.3 is 6.03 Å². The second kappa shape index (κ2) is 6.24. The average molecular weight is 286 g/mol. The molecule has 0 heterocycles. The molecule has 0 bridgehead atoms. The van der Waals surface area contributed by atoms with E-state index in [1.807, 2.05) is 29.6 Å². The second-order valence-electron chi connectivity index (χ2n) is 3.08. The van der Waals surface area contributed by atoms with E-state index in [4.69, 9.17) is 5.73 Å². The topological polar surface area (TPSA) is 84.2 Å². The monoisotopic (exact) mass is 285 g/mol. The molecule has 0 spiro atoms. The Morgan fingerprint density at radius 1 is 1.44 bits per heavy atom. The van der Waals surface area contributed by atoms with Crippen molar-refractivity contribution in [1.29, 1.82) is 0 Å². The number of amides is 3. The van der Waals surface area contributed by atoms with Gasteiger partial charge in [0.1, 0.15) is 0 Å². The Morgan fingerprint density at radius 2 is 2.06 bits per heavy atom. The summed E-state index contributed by atoms with van der Waals surface area (Å²) in [5, 5.41) is 4.58. The molecule has 6 heteroatoms. The van der Waals surface area contributed by atoms with Gasteiger partial charge in [-0.15, -0.1) is 0 Å². The number of carbonyl (C=O) groups is 2. The Bertz CT molecular complexity index is 367. The summed E-state index contributed by atoms with van der Waals surface area (Å²) in [6, 6.07) is 6.54. The molecule has 4 N–H and O–H groups in total. The number of hydrogen-bond donors (Lipinski definition) is 3. The molecule has 1 atom stereocenters. The lowest BCUT2D eigenvalue weighted by Crippen LogP contribution is -2.39. The number of halogens is 1. The van der Waals surface area contributed by atoms with Crippen molar-refractivity contribution < 1.29 is 9.59 Å². The lowest BCUT2D eigenvalue weighted by Gasteiger charge is -2.16. The molecule has 0 aliphatic rings. The number of urea groups is 1. The van der Waals surface area contributed by atoms with Gasteiger partial charge in [0.05, 0.1) is 6.04 Å². The first kappa shape index (κ1) is 12.7. The predicted octanol–water partition coefficient (Wildman–Crippen LogP) is 0.905. The molecule has 16 heavy (non-hydrogen) atoms. The Morgan fingerprint density at radius 3 is 2.56 bits per heavy atom. The lowest BCUT2D eigenvalue weighted by atomic mass is 10.1. The summed E-state index contributed by atoms with van der Waals surface area (Å²) in [6.45, 7) is 0.258. The van der Waals surface area contributed by atoms with Crippen molar-refractivity contribution in [2.75, 3.05) is 6.54 Å². The normalized spacial score (nSPS) is 11.6. The van der Waals surface area contributed by atoms with Crippen LogP contribution < -0.4 is 16.4 Å². The number of nitrogens with one attached hydrogen (secondary N) is 2. The molecule has 0 radical (unpaired) electrons. The maximum absolute atomic E-state index is 11.1. The van der Waals surface area contributed by atoms with Crippen LogP contribution in [0.4, 0.5) is 4.79 Å². The Kier molecular flexibility index (Phi) is 4.94. The molecular formula is C10H12BrN3O2. The van der Waals surface area contributed by atoms with Crippen molar-refractivity contribution >= 4 is 28.4 Å². The zero-order chi connectivity index (χ0) is 12.0. The summed E-state index contributed by atoms with van der Waals surface area (Å²) in [5.41, 5.74) is 6.43. The Balaban J connectivity index is 2.70. The minimum atomic E-state index is -0.562. The van der Waals surface area contributed by atoms with E-state index in [2.05, 4.69) is 21.2 Å². The number of imide groups is 1. The van der Waals surface area contributed by atoms with Crippen molar-refractivity contribution in [3.05, 3.63) is 34.3 Å². The van der Waals surface area contributed by atoms with E-state index in [0.29, 0.717) is 6.41 Å². The number of nitrogens with two attached hydrogens (primary N) is 1. The van der Waals surface area contributed by atoms with Crippen molar-refractivity contribution in [3.8, 4) is 0 Å². The first-order valence-electron chi connectivity index (χ1n) is 4.63. The molecule has 1 unspecified atom stereocenters. The van der Waals surface area contributed by atoms with Crippen LogP contribution in [0.5, 0.6) is 0 Å². The molecule has 1 aromatic rings. The van der Waals surface area contributed by atoms with Gasteiger partial charge < -0.3 is 11.1 Å². The van der Waals surface area contributed by atoms with Gasteiger partial charge in [0.2, 0.25) is 6.41 Å². The van der Waals surface area contributed by atoms with E-state index >= 15 is 0 Å². The number of benzene rings is 1. The number of rotatable bonds is 4. The van der Waals surface area contributed by atoms with Gasteiger partial charge in [-0.3, -0.25) is 10.1 Å². The maximum atomic E-state index is 11.1. The van der Waals surface area contributed by atoms with Gasteiger partial charge in [0.15, 0.2) is 0 Å². The molecule has 5 nitrogen and oxygen atoms in total. The number of carbonyl (C=O) groups excluding carboxylic acids is 2. The molecule has 0 fully saturated rings. The van der Waals surface area contributed by atoms with Gasteiger partial charge in [-0.05, 0) is 17.7 Å². The quantitative estimate of drug-likeness (QED) is 0.719. The average Bonchev–Trinajstić information content (AvgIpc) is 2.27. The second-order valence-corrected chi connectivity index (χ2v) is 3.99. The van der Waals surface area contributed by atoms with Crippen LogP contribution >= 0.6 is 15.9 Å². The van der Waals surface area contributed by atoms with Gasteiger partial charge in [0, 0.05) is 11.0 Å². The van der Waals surface area contributed by atoms with Crippen LogP contribution in [0.2, 0.25) is 0 Å². The fraction of sp³-hybridized carbons (Fsp3) is 0.200. The third kappa shape index (κ3) is 3.63. The standard InChI is InChI=1S/C10H12BrN3O2/c11-8-3-1-7(2-4-8)9(5-12)14-10(16)13-6-15/h1-4,6,9H,5,12H2,(H2,13,14,15,16). The summed E-state index contributed by atoms with van der Waals surface area (Å²) in [6.07, 6.45) is 0.324. The van der Waals surface area contributed by atoms with Crippen LogP contribution in [0.15, 0.2) is 28.7 Å². The molecule has 3 amide bonds. The molecule has 0 aliphatic heterocycles. The van der Waals surface area contributed by atoms with E-state index in [1.54, 1.807) is 0 Å². The fourth-order valence-corrected chi connectivity index (χ4v) is 1.49. The highest BCUT2D eigenvalue weighted by Gasteiger charge is 2.11. The molecule has 1 aromatic carbocycles. The minimum Gasteiger partial charge on any atom is -0.330 e. The van der Waals surface area contributed by atoms with Crippen molar-refractivity contribution in [1.82, 2.24) is 10.6 Å². The van der Waals surface area contributed by atoms with Crippen LogP contribution in [0, 0.1) is 0 Å². The van der Waals surface area contributed by atoms with E-state index in [0.717, 1.165) is 10.0 Å². The molecule has 0 saturated heterocycles. The van der Waals surface area contributed by atoms with E-state index in [1.165, 1.54) is 0 Å². The third-order valence-corrected chi connectivity index (χ3v) is 2.53. The van der Waals surface area contributed by atoms with Crippen molar-refractivity contribution in [3.63, 3.8) is 0 Å². The zero-order valence-corrected chi connectivity index (χ0v) is 10.0. The van der Waals surface area contributed by atoms with Gasteiger partial charge in [-0.1, -0.05) is 28.1 Å². The zero-order valence-electron chi connectivity index (χ0n) is 8.44. The van der Waals surface area contributed by atoms with Gasteiger partial charge in [-0.2, -0.15) is 0 Å². The van der Waals surface area contributed by atoms with Crippen LogP contribution in [0.1, 0.15) is 11.6 Å².